The van der Waals surface area contributed by atoms with Crippen LogP contribution < -0.4 is 0 Å². The molecule has 0 saturated heterocycles. The minimum atomic E-state index is -0.790. The number of rotatable bonds is 58. The van der Waals surface area contributed by atoms with E-state index in [4.69, 9.17) is 14.2 Å². The quantitative estimate of drug-likeness (QED) is 0.0261. The minimum absolute atomic E-state index is 0.0851. The van der Waals surface area contributed by atoms with Crippen molar-refractivity contribution in [1.82, 2.24) is 0 Å². The fourth-order valence-corrected chi connectivity index (χ4v) is 8.99. The van der Waals surface area contributed by atoms with Crippen molar-refractivity contribution in [1.29, 1.82) is 0 Å². The second-order valence-corrected chi connectivity index (χ2v) is 21.3. The molecule has 0 bridgehead atoms. The van der Waals surface area contributed by atoms with E-state index in [2.05, 4.69) is 130 Å². The number of hydrogen-bond donors (Lipinski definition) is 0. The third-order valence-corrected chi connectivity index (χ3v) is 13.8. The van der Waals surface area contributed by atoms with E-state index >= 15 is 0 Å². The highest BCUT2D eigenvalue weighted by atomic mass is 16.6. The fraction of sp³-hybridized carbons (Fsp3) is 0.704. The summed E-state index contributed by atoms with van der Waals surface area (Å²) in [6.45, 7) is 6.41. The molecular formula is C71H120O6. The van der Waals surface area contributed by atoms with Crippen molar-refractivity contribution in [2.75, 3.05) is 13.2 Å². The summed E-state index contributed by atoms with van der Waals surface area (Å²) in [4.78, 5) is 38.2. The average Bonchev–Trinajstić information content (AvgIpc) is 3.43. The zero-order chi connectivity index (χ0) is 55.7. The zero-order valence-electron chi connectivity index (χ0n) is 50.4. The van der Waals surface area contributed by atoms with Crippen molar-refractivity contribution in [2.24, 2.45) is 0 Å². The summed E-state index contributed by atoms with van der Waals surface area (Å²) in [6.07, 6.45) is 88.2. The Morgan fingerprint density at radius 2 is 0.506 bits per heavy atom. The Kier molecular flexibility index (Phi) is 61.3. The Bertz CT molecular complexity index is 1560. The molecule has 0 rings (SSSR count). The van der Waals surface area contributed by atoms with Crippen LogP contribution in [0.2, 0.25) is 0 Å². The normalized spacial score (nSPS) is 12.8. The van der Waals surface area contributed by atoms with Crippen LogP contribution in [-0.2, 0) is 28.6 Å². The van der Waals surface area contributed by atoms with Crippen LogP contribution in [-0.4, -0.2) is 37.2 Å². The topological polar surface area (TPSA) is 78.9 Å². The first-order valence-corrected chi connectivity index (χ1v) is 32.4. The lowest BCUT2D eigenvalue weighted by atomic mass is 10.0. The highest BCUT2D eigenvalue weighted by Crippen LogP contribution is 2.16. The van der Waals surface area contributed by atoms with Gasteiger partial charge in [0, 0.05) is 19.3 Å². The van der Waals surface area contributed by atoms with E-state index in [1.54, 1.807) is 0 Å². The molecule has 0 aliphatic carbocycles. The van der Waals surface area contributed by atoms with Gasteiger partial charge in [0.1, 0.15) is 13.2 Å². The van der Waals surface area contributed by atoms with Crippen molar-refractivity contribution in [3.8, 4) is 0 Å². The van der Waals surface area contributed by atoms with E-state index in [1.165, 1.54) is 135 Å². The van der Waals surface area contributed by atoms with Crippen molar-refractivity contribution in [3.05, 3.63) is 109 Å². The molecule has 0 aromatic rings. The molecule has 1 unspecified atom stereocenters. The minimum Gasteiger partial charge on any atom is -0.462 e. The van der Waals surface area contributed by atoms with Gasteiger partial charge in [-0.25, -0.2) is 0 Å². The van der Waals surface area contributed by atoms with Crippen LogP contribution in [0.15, 0.2) is 109 Å². The van der Waals surface area contributed by atoms with Crippen LogP contribution in [0.4, 0.5) is 0 Å². The smallest absolute Gasteiger partial charge is 0.306 e. The Balaban J connectivity index is 4.20. The Hall–Kier alpha value is -3.93. The maximum Gasteiger partial charge on any atom is 0.306 e. The maximum absolute atomic E-state index is 12.9. The van der Waals surface area contributed by atoms with Crippen LogP contribution in [0.3, 0.4) is 0 Å². The van der Waals surface area contributed by atoms with E-state index < -0.39 is 6.10 Å². The molecule has 6 nitrogen and oxygen atoms in total. The molecule has 1 atom stereocenters. The third-order valence-electron chi connectivity index (χ3n) is 13.8. The van der Waals surface area contributed by atoms with Gasteiger partial charge in [-0.15, -0.1) is 0 Å². The molecule has 77 heavy (non-hydrogen) atoms. The molecule has 0 aromatic carbocycles. The number of carbonyl (C=O) groups excluding carboxylic acids is 3. The van der Waals surface area contributed by atoms with E-state index in [0.717, 1.165) is 128 Å². The molecule has 0 amide bonds. The predicted octanol–water partition coefficient (Wildman–Crippen LogP) is 22.2. The predicted molar refractivity (Wildman–Crippen MR) is 334 cm³/mol. The zero-order valence-corrected chi connectivity index (χ0v) is 50.4. The number of allylic oxidation sites excluding steroid dienone is 18. The molecule has 0 aliphatic rings. The van der Waals surface area contributed by atoms with Crippen molar-refractivity contribution in [2.45, 2.75) is 309 Å². The van der Waals surface area contributed by atoms with Crippen LogP contribution in [0, 0.1) is 0 Å². The number of ether oxygens (including phenoxy) is 3. The lowest BCUT2D eigenvalue weighted by Crippen LogP contribution is -2.30. The second-order valence-electron chi connectivity index (χ2n) is 21.3. The lowest BCUT2D eigenvalue weighted by Gasteiger charge is -2.18. The van der Waals surface area contributed by atoms with Gasteiger partial charge in [-0.2, -0.15) is 0 Å². The van der Waals surface area contributed by atoms with Crippen molar-refractivity contribution < 1.29 is 28.6 Å². The van der Waals surface area contributed by atoms with Gasteiger partial charge in [-0.05, 0) is 103 Å². The first-order chi connectivity index (χ1) is 38.0. The van der Waals surface area contributed by atoms with Crippen LogP contribution in [0.5, 0.6) is 0 Å². The number of esters is 3. The number of carbonyl (C=O) groups is 3. The van der Waals surface area contributed by atoms with Gasteiger partial charge in [0.2, 0.25) is 0 Å². The van der Waals surface area contributed by atoms with E-state index in [-0.39, 0.29) is 31.1 Å². The Labute approximate surface area is 476 Å². The van der Waals surface area contributed by atoms with Crippen LogP contribution >= 0.6 is 0 Å². The Morgan fingerprint density at radius 3 is 0.792 bits per heavy atom. The molecule has 0 heterocycles. The molecular weight excluding hydrogens is 949 g/mol. The molecule has 0 N–H and O–H groups in total. The summed E-state index contributed by atoms with van der Waals surface area (Å²) in [6, 6.07) is 0. The summed E-state index contributed by atoms with van der Waals surface area (Å²) in [5.41, 5.74) is 0. The van der Waals surface area contributed by atoms with Gasteiger partial charge in [0.05, 0.1) is 0 Å². The molecule has 0 aromatic heterocycles. The molecule has 440 valence electrons. The Morgan fingerprint density at radius 1 is 0.273 bits per heavy atom. The molecule has 0 saturated carbocycles. The van der Waals surface area contributed by atoms with Crippen molar-refractivity contribution in [3.63, 3.8) is 0 Å². The molecule has 0 radical (unpaired) electrons. The van der Waals surface area contributed by atoms with E-state index in [0.29, 0.717) is 19.3 Å². The van der Waals surface area contributed by atoms with Crippen molar-refractivity contribution >= 4 is 17.9 Å². The highest BCUT2D eigenvalue weighted by molar-refractivity contribution is 5.71. The number of hydrogen-bond acceptors (Lipinski definition) is 6. The van der Waals surface area contributed by atoms with E-state index in [9.17, 15) is 14.4 Å². The standard InChI is InChI=1S/C71H120O6/c1-4-7-10-13-16-19-22-24-26-28-29-30-31-32-33-34-35-36-37-38-39-40-41-43-44-46-49-52-55-58-61-64-70(73)76-67-68(66-75-69(72)63-60-57-54-51-48-21-18-15-12-9-6-3)77-71(74)65-62-59-56-53-50-47-45-42-27-25-23-20-17-14-11-8-5-2/h7-8,10-11,16-17,19-20,24-27,29-30,32-33,45,47,68H,4-6,9,12-15,18,21-23,28,31,34-44,46,48-67H2,1-3H3/b10-7-,11-8-,19-16-,20-17-,26-24-,27-25-,30-29-,33-32-,47-45-. The van der Waals surface area contributed by atoms with Gasteiger partial charge in [-0.3, -0.25) is 14.4 Å². The second kappa shape index (κ2) is 64.6. The first-order valence-electron chi connectivity index (χ1n) is 32.4. The van der Waals surface area contributed by atoms with Gasteiger partial charge in [0.25, 0.3) is 0 Å². The van der Waals surface area contributed by atoms with E-state index in [1.807, 2.05) is 0 Å². The lowest BCUT2D eigenvalue weighted by molar-refractivity contribution is -0.167. The largest absolute Gasteiger partial charge is 0.462 e. The number of unbranched alkanes of at least 4 members (excludes halogenated alkanes) is 29. The fourth-order valence-electron chi connectivity index (χ4n) is 8.99. The molecule has 0 fully saturated rings. The average molecular weight is 1070 g/mol. The van der Waals surface area contributed by atoms with Crippen LogP contribution in [0.1, 0.15) is 303 Å². The molecule has 6 heteroatoms. The van der Waals surface area contributed by atoms with Crippen LogP contribution in [0.25, 0.3) is 0 Å². The summed E-state index contributed by atoms with van der Waals surface area (Å²) in [5.74, 6) is -0.901. The summed E-state index contributed by atoms with van der Waals surface area (Å²) < 4.78 is 16.9. The third kappa shape index (κ3) is 62.8. The summed E-state index contributed by atoms with van der Waals surface area (Å²) in [7, 11) is 0. The molecule has 0 aliphatic heterocycles. The monoisotopic (exact) mass is 1070 g/mol. The van der Waals surface area contributed by atoms with Gasteiger partial charge in [0.15, 0.2) is 6.10 Å². The first kappa shape index (κ1) is 73.1. The molecule has 0 spiro atoms. The van der Waals surface area contributed by atoms with Gasteiger partial charge >= 0.3 is 17.9 Å². The summed E-state index contributed by atoms with van der Waals surface area (Å²) in [5, 5.41) is 0. The summed E-state index contributed by atoms with van der Waals surface area (Å²) >= 11 is 0. The SMILES string of the molecule is CC/C=C\C/C=C\C/C=C\C/C=C\C/C=C\CCCCCCCCCCCCCCCCCC(=O)OCC(COC(=O)CCCCCCCCCCCCC)OC(=O)CCCCCC/C=C\C/C=C\C/C=C\C/C=C\CC. The van der Waals surface area contributed by atoms with Gasteiger partial charge < -0.3 is 14.2 Å². The maximum atomic E-state index is 12.9. The van der Waals surface area contributed by atoms with Gasteiger partial charge in [-0.1, -0.05) is 291 Å². The highest BCUT2D eigenvalue weighted by Gasteiger charge is 2.19.